The van der Waals surface area contributed by atoms with Gasteiger partial charge < -0.3 is 9.80 Å². The van der Waals surface area contributed by atoms with Crippen molar-refractivity contribution in [1.29, 1.82) is 0 Å². The van der Waals surface area contributed by atoms with Crippen LogP contribution in [0.25, 0.3) is 0 Å². The molecule has 6 heteroatoms. The lowest BCUT2D eigenvalue weighted by Crippen LogP contribution is -2.40. The molecule has 0 N–H and O–H groups in total. The second-order valence-corrected chi connectivity index (χ2v) is 5.82. The van der Waals surface area contributed by atoms with E-state index in [2.05, 4.69) is 49.7 Å². The lowest BCUT2D eigenvalue weighted by molar-refractivity contribution is 0.327. The second-order valence-electron chi connectivity index (χ2n) is 4.67. The minimum atomic E-state index is 0.472. The van der Waals surface area contributed by atoms with Crippen LogP contribution in [0.15, 0.2) is 10.8 Å². The number of anilines is 1. The summed E-state index contributed by atoms with van der Waals surface area (Å²) in [7, 11) is 2.17. The van der Waals surface area contributed by atoms with Gasteiger partial charge in [0, 0.05) is 19.1 Å². The largest absolute Gasteiger partial charge is 0.351 e. The van der Waals surface area contributed by atoms with Gasteiger partial charge in [-0.15, -0.1) is 0 Å². The van der Waals surface area contributed by atoms with Crippen molar-refractivity contribution in [3.05, 3.63) is 16.0 Å². The van der Waals surface area contributed by atoms with Crippen LogP contribution in [0.5, 0.6) is 0 Å². The summed E-state index contributed by atoms with van der Waals surface area (Å²) in [5.74, 6) is 0.914. The third kappa shape index (κ3) is 2.95. The number of hydrogen-bond donors (Lipinski definition) is 0. The van der Waals surface area contributed by atoms with Crippen molar-refractivity contribution in [1.82, 2.24) is 14.9 Å². The molecule has 1 aromatic rings. The van der Waals surface area contributed by atoms with Crippen molar-refractivity contribution >= 4 is 33.3 Å². The quantitative estimate of drug-likeness (QED) is 0.779. The number of nitrogens with zero attached hydrogens (tertiary/aromatic N) is 4. The third-order valence-electron chi connectivity index (χ3n) is 3.37. The third-order valence-corrected chi connectivity index (χ3v) is 4.62. The number of rotatable bonds is 2. The summed E-state index contributed by atoms with van der Waals surface area (Å²) in [5, 5.41) is 0.479. The van der Waals surface area contributed by atoms with E-state index in [4.69, 9.17) is 11.6 Å². The van der Waals surface area contributed by atoms with Crippen LogP contribution in [0.4, 0.5) is 5.82 Å². The molecular weight excluding hydrogens is 316 g/mol. The molecule has 1 aliphatic heterocycles. The molecule has 0 radical (unpaired) electrons. The zero-order valence-corrected chi connectivity index (χ0v) is 13.1. The first-order valence-corrected chi connectivity index (χ1v) is 7.41. The highest BCUT2D eigenvalue weighted by Crippen LogP contribution is 2.31. The summed E-state index contributed by atoms with van der Waals surface area (Å²) < 4.78 is 0.801. The molecule has 1 aliphatic rings. The Balaban J connectivity index is 2.31. The summed E-state index contributed by atoms with van der Waals surface area (Å²) >= 11 is 9.56. The molecule has 1 atom stereocenters. The van der Waals surface area contributed by atoms with Gasteiger partial charge in [-0.05, 0) is 42.4 Å². The highest BCUT2D eigenvalue weighted by molar-refractivity contribution is 9.10. The Morgan fingerprint density at radius 3 is 2.94 bits per heavy atom. The molecule has 2 heterocycles. The van der Waals surface area contributed by atoms with Crippen molar-refractivity contribution in [2.24, 2.45) is 0 Å². The molecule has 2 rings (SSSR count). The van der Waals surface area contributed by atoms with Crippen molar-refractivity contribution in [3.63, 3.8) is 0 Å². The van der Waals surface area contributed by atoms with Gasteiger partial charge in [0.25, 0.3) is 0 Å². The number of aromatic nitrogens is 2. The van der Waals surface area contributed by atoms with E-state index < -0.39 is 0 Å². The average Bonchev–Trinajstić information content (AvgIpc) is 2.54. The summed E-state index contributed by atoms with van der Waals surface area (Å²) in [6.45, 7) is 5.41. The van der Waals surface area contributed by atoms with Crippen molar-refractivity contribution in [2.75, 3.05) is 31.6 Å². The Labute approximate surface area is 121 Å². The molecule has 0 bridgehead atoms. The van der Waals surface area contributed by atoms with Gasteiger partial charge in [0.15, 0.2) is 0 Å². The Morgan fingerprint density at radius 2 is 2.22 bits per heavy atom. The Kier molecular flexibility index (Phi) is 4.81. The van der Waals surface area contributed by atoms with Crippen molar-refractivity contribution in [2.45, 2.75) is 25.8 Å². The second kappa shape index (κ2) is 6.17. The lowest BCUT2D eigenvalue weighted by Gasteiger charge is -2.31. The summed E-state index contributed by atoms with van der Waals surface area (Å²) in [6, 6.07) is 0.472. The molecular formula is C12H18BrClN4. The predicted octanol–water partition coefficient (Wildman–Crippen LogP) is 2.81. The molecule has 1 fully saturated rings. The standard InChI is InChI=1S/C12H18BrClN4/c1-3-9-7-17(2)5-4-6-18(9)12-10(13)11(14)15-8-16-12/h8-9H,3-7H2,1-2H3. The van der Waals surface area contributed by atoms with Crippen LogP contribution in [0.1, 0.15) is 19.8 Å². The number of halogens is 2. The predicted molar refractivity (Wildman–Crippen MR) is 78.3 cm³/mol. The van der Waals surface area contributed by atoms with Gasteiger partial charge in [-0.25, -0.2) is 9.97 Å². The van der Waals surface area contributed by atoms with Crippen molar-refractivity contribution in [3.8, 4) is 0 Å². The molecule has 1 saturated heterocycles. The SMILES string of the molecule is CCC1CN(C)CCCN1c1ncnc(Cl)c1Br. The van der Waals surface area contributed by atoms with Crippen LogP contribution in [0.3, 0.4) is 0 Å². The van der Waals surface area contributed by atoms with Gasteiger partial charge in [-0.3, -0.25) is 0 Å². The van der Waals surface area contributed by atoms with Gasteiger partial charge in [-0.2, -0.15) is 0 Å². The van der Waals surface area contributed by atoms with Crippen LogP contribution >= 0.6 is 27.5 Å². The van der Waals surface area contributed by atoms with Crippen LogP contribution in [-0.4, -0.2) is 47.6 Å². The van der Waals surface area contributed by atoms with E-state index >= 15 is 0 Å². The maximum atomic E-state index is 6.06. The molecule has 4 nitrogen and oxygen atoms in total. The molecule has 0 aromatic carbocycles. The molecule has 0 spiro atoms. The highest BCUT2D eigenvalue weighted by atomic mass is 79.9. The van der Waals surface area contributed by atoms with Crippen LogP contribution in [-0.2, 0) is 0 Å². The van der Waals surface area contributed by atoms with E-state index in [-0.39, 0.29) is 0 Å². The average molecular weight is 334 g/mol. The fourth-order valence-electron chi connectivity index (χ4n) is 2.41. The van der Waals surface area contributed by atoms with Crippen LogP contribution in [0, 0.1) is 0 Å². The van der Waals surface area contributed by atoms with Crippen LogP contribution in [0.2, 0.25) is 5.15 Å². The highest BCUT2D eigenvalue weighted by Gasteiger charge is 2.25. The van der Waals surface area contributed by atoms with Gasteiger partial charge in [0.05, 0.1) is 4.47 Å². The number of likely N-dealkylation sites (N-methyl/N-ethyl adjacent to an activating group) is 1. The molecule has 100 valence electrons. The minimum absolute atomic E-state index is 0.472. The van der Waals surface area contributed by atoms with Gasteiger partial charge in [0.2, 0.25) is 0 Å². The number of hydrogen-bond acceptors (Lipinski definition) is 4. The van der Waals surface area contributed by atoms with E-state index in [0.717, 1.165) is 42.8 Å². The Morgan fingerprint density at radius 1 is 1.44 bits per heavy atom. The molecule has 1 unspecified atom stereocenters. The minimum Gasteiger partial charge on any atom is -0.351 e. The smallest absolute Gasteiger partial charge is 0.148 e. The molecule has 0 saturated carbocycles. The fourth-order valence-corrected chi connectivity index (χ4v) is 2.97. The first-order valence-electron chi connectivity index (χ1n) is 6.24. The Bertz CT molecular complexity index is 415. The summed E-state index contributed by atoms with van der Waals surface area (Å²) in [4.78, 5) is 13.1. The zero-order valence-electron chi connectivity index (χ0n) is 10.7. The maximum absolute atomic E-state index is 6.06. The first kappa shape index (κ1) is 14.0. The normalized spacial score (nSPS) is 22.0. The summed E-state index contributed by atoms with van der Waals surface area (Å²) in [6.07, 6.45) is 3.77. The van der Waals surface area contributed by atoms with Crippen molar-refractivity contribution < 1.29 is 0 Å². The molecule has 18 heavy (non-hydrogen) atoms. The van der Waals surface area contributed by atoms with E-state index in [0.29, 0.717) is 11.2 Å². The first-order chi connectivity index (χ1) is 8.63. The molecule has 0 aliphatic carbocycles. The van der Waals surface area contributed by atoms with E-state index in [1.165, 1.54) is 6.33 Å². The molecule has 1 aromatic heterocycles. The van der Waals surface area contributed by atoms with Gasteiger partial charge >= 0.3 is 0 Å². The zero-order chi connectivity index (χ0) is 13.1. The topological polar surface area (TPSA) is 32.3 Å². The van der Waals surface area contributed by atoms with E-state index in [1.807, 2.05) is 0 Å². The lowest BCUT2D eigenvalue weighted by atomic mass is 10.2. The monoisotopic (exact) mass is 332 g/mol. The Hall–Kier alpha value is -0.390. The van der Waals surface area contributed by atoms with E-state index in [9.17, 15) is 0 Å². The molecule has 0 amide bonds. The maximum Gasteiger partial charge on any atom is 0.148 e. The van der Waals surface area contributed by atoms with E-state index in [1.54, 1.807) is 0 Å². The summed E-state index contributed by atoms with van der Waals surface area (Å²) in [5.41, 5.74) is 0. The van der Waals surface area contributed by atoms with Gasteiger partial charge in [-0.1, -0.05) is 18.5 Å². The van der Waals surface area contributed by atoms with Crippen LogP contribution < -0.4 is 4.90 Å². The fraction of sp³-hybridized carbons (Fsp3) is 0.667. The van der Waals surface area contributed by atoms with Gasteiger partial charge in [0.1, 0.15) is 17.3 Å².